The number of unbranched alkanes of at least 4 members (excludes halogenated alkanes) is 1. The molecule has 0 bridgehead atoms. The minimum Gasteiger partial charge on any atom is -0.376 e. The predicted molar refractivity (Wildman–Crippen MR) is 61.5 cm³/mol. The molecule has 0 spiro atoms. The molecule has 1 rings (SSSR count). The van der Waals surface area contributed by atoms with Gasteiger partial charge >= 0.3 is 0 Å². The summed E-state index contributed by atoms with van der Waals surface area (Å²) in [5, 5.41) is 3.26. The average Bonchev–Trinajstić information content (AvgIpc) is 2.63. The van der Waals surface area contributed by atoms with E-state index >= 15 is 0 Å². The van der Waals surface area contributed by atoms with E-state index in [-0.39, 0.29) is 6.10 Å². The first-order valence-electron chi connectivity index (χ1n) is 5.67. The van der Waals surface area contributed by atoms with Gasteiger partial charge in [-0.3, -0.25) is 10.4 Å². The highest BCUT2D eigenvalue weighted by molar-refractivity contribution is 5.79. The summed E-state index contributed by atoms with van der Waals surface area (Å²) in [5.41, 5.74) is 2.59. The van der Waals surface area contributed by atoms with Crippen molar-refractivity contribution in [3.63, 3.8) is 0 Å². The molecule has 0 aliphatic carbocycles. The van der Waals surface area contributed by atoms with Crippen LogP contribution in [0.5, 0.6) is 0 Å². The maximum atomic E-state index is 5.45. The summed E-state index contributed by atoms with van der Waals surface area (Å²) in [5.74, 6) is 6.07. The van der Waals surface area contributed by atoms with Gasteiger partial charge in [0.1, 0.15) is 0 Å². The van der Waals surface area contributed by atoms with Crippen molar-refractivity contribution in [3.05, 3.63) is 0 Å². The summed E-state index contributed by atoms with van der Waals surface area (Å²) in [6, 6.07) is 0.321. The van der Waals surface area contributed by atoms with Gasteiger partial charge in [-0.2, -0.15) is 0 Å². The van der Waals surface area contributed by atoms with E-state index in [1.54, 1.807) is 0 Å². The molecular weight excluding hydrogens is 192 g/mol. The summed E-state index contributed by atoms with van der Waals surface area (Å²) in [7, 11) is 0. The fourth-order valence-corrected chi connectivity index (χ4v) is 1.58. The molecule has 1 fully saturated rings. The van der Waals surface area contributed by atoms with Crippen molar-refractivity contribution in [1.82, 2.24) is 10.7 Å². The molecule has 5 nitrogen and oxygen atoms in total. The predicted octanol–water partition coefficient (Wildman–Crippen LogP) is 0.373. The van der Waals surface area contributed by atoms with Gasteiger partial charge in [0.15, 0.2) is 0 Å². The van der Waals surface area contributed by atoms with E-state index < -0.39 is 0 Å². The minimum absolute atomic E-state index is 0.231. The molecule has 1 aliphatic heterocycles. The zero-order valence-electron chi connectivity index (χ0n) is 9.62. The first-order valence-corrected chi connectivity index (χ1v) is 5.67. The van der Waals surface area contributed by atoms with E-state index in [4.69, 9.17) is 10.6 Å². The van der Waals surface area contributed by atoms with E-state index in [1.165, 1.54) is 0 Å². The highest BCUT2D eigenvalue weighted by atomic mass is 16.5. The Bertz CT molecular complexity index is 208. The van der Waals surface area contributed by atoms with Crippen molar-refractivity contribution in [1.29, 1.82) is 0 Å². The smallest absolute Gasteiger partial charge is 0.206 e. The van der Waals surface area contributed by atoms with Crippen LogP contribution >= 0.6 is 0 Å². The second-order valence-corrected chi connectivity index (χ2v) is 3.84. The second-order valence-electron chi connectivity index (χ2n) is 3.84. The molecular formula is C10H22N4O. The SMILES string of the molecule is CCCCN=C(NN)NC1CCOC1C. The maximum Gasteiger partial charge on any atom is 0.206 e. The Kier molecular flexibility index (Phi) is 5.42. The Morgan fingerprint density at radius 1 is 1.60 bits per heavy atom. The number of nitrogens with zero attached hydrogens (tertiary/aromatic N) is 1. The highest BCUT2D eigenvalue weighted by Crippen LogP contribution is 2.12. The summed E-state index contributed by atoms with van der Waals surface area (Å²) in [6.07, 6.45) is 3.47. The van der Waals surface area contributed by atoms with Crippen LogP contribution in [-0.4, -0.2) is 31.3 Å². The third kappa shape index (κ3) is 4.05. The monoisotopic (exact) mass is 214 g/mol. The molecule has 5 heteroatoms. The van der Waals surface area contributed by atoms with Crippen LogP contribution in [0.4, 0.5) is 0 Å². The van der Waals surface area contributed by atoms with E-state index in [9.17, 15) is 0 Å². The van der Waals surface area contributed by atoms with Gasteiger partial charge in [0, 0.05) is 13.2 Å². The topological polar surface area (TPSA) is 71.7 Å². The van der Waals surface area contributed by atoms with Crippen molar-refractivity contribution >= 4 is 5.96 Å². The molecule has 1 aliphatic rings. The third-order valence-electron chi connectivity index (χ3n) is 2.62. The number of aliphatic imine (C=N–C) groups is 1. The fraction of sp³-hybridized carbons (Fsp3) is 0.900. The summed E-state index contributed by atoms with van der Waals surface area (Å²) in [4.78, 5) is 4.34. The molecule has 2 unspecified atom stereocenters. The van der Waals surface area contributed by atoms with E-state index in [2.05, 4.69) is 29.6 Å². The van der Waals surface area contributed by atoms with Crippen molar-refractivity contribution in [2.24, 2.45) is 10.8 Å². The Labute approximate surface area is 91.4 Å². The number of hydrogen-bond donors (Lipinski definition) is 3. The molecule has 0 aromatic carbocycles. The normalized spacial score (nSPS) is 26.7. The van der Waals surface area contributed by atoms with Crippen LogP contribution in [-0.2, 0) is 4.74 Å². The molecule has 1 saturated heterocycles. The zero-order chi connectivity index (χ0) is 11.1. The van der Waals surface area contributed by atoms with Gasteiger partial charge < -0.3 is 10.1 Å². The van der Waals surface area contributed by atoms with Crippen molar-refractivity contribution in [3.8, 4) is 0 Å². The quantitative estimate of drug-likeness (QED) is 0.208. The molecule has 0 amide bonds. The molecule has 4 N–H and O–H groups in total. The number of nitrogens with one attached hydrogen (secondary N) is 2. The molecule has 88 valence electrons. The third-order valence-corrected chi connectivity index (χ3v) is 2.62. The Hall–Kier alpha value is -0.810. The summed E-state index contributed by atoms with van der Waals surface area (Å²) < 4.78 is 5.45. The second kappa shape index (κ2) is 6.63. The largest absolute Gasteiger partial charge is 0.376 e. The molecule has 0 radical (unpaired) electrons. The molecule has 0 aromatic rings. The van der Waals surface area contributed by atoms with Gasteiger partial charge in [-0.15, -0.1) is 0 Å². The number of rotatable bonds is 4. The molecule has 0 aromatic heterocycles. The van der Waals surface area contributed by atoms with Crippen LogP contribution in [0, 0.1) is 0 Å². The van der Waals surface area contributed by atoms with Crippen LogP contribution in [0.1, 0.15) is 33.1 Å². The van der Waals surface area contributed by atoms with Crippen LogP contribution in [0.2, 0.25) is 0 Å². The number of nitrogens with two attached hydrogens (primary N) is 1. The first-order chi connectivity index (χ1) is 7.27. The maximum absolute atomic E-state index is 5.45. The number of ether oxygens (including phenoxy) is 1. The van der Waals surface area contributed by atoms with Gasteiger partial charge in [0.25, 0.3) is 0 Å². The van der Waals surface area contributed by atoms with Gasteiger partial charge in [-0.1, -0.05) is 13.3 Å². The molecule has 0 saturated carbocycles. The Morgan fingerprint density at radius 3 is 2.93 bits per heavy atom. The summed E-state index contributed by atoms with van der Waals surface area (Å²) in [6.45, 7) is 5.83. The van der Waals surface area contributed by atoms with Gasteiger partial charge in [-0.25, -0.2) is 5.84 Å². The zero-order valence-corrected chi connectivity index (χ0v) is 9.62. The van der Waals surface area contributed by atoms with Crippen LogP contribution in [0.25, 0.3) is 0 Å². The molecule has 2 atom stereocenters. The van der Waals surface area contributed by atoms with Crippen molar-refractivity contribution in [2.75, 3.05) is 13.2 Å². The van der Waals surface area contributed by atoms with Crippen LogP contribution < -0.4 is 16.6 Å². The summed E-state index contributed by atoms with van der Waals surface area (Å²) >= 11 is 0. The van der Waals surface area contributed by atoms with Gasteiger partial charge in [0.05, 0.1) is 12.1 Å². The lowest BCUT2D eigenvalue weighted by molar-refractivity contribution is 0.116. The minimum atomic E-state index is 0.231. The van der Waals surface area contributed by atoms with Gasteiger partial charge in [-0.05, 0) is 19.8 Å². The van der Waals surface area contributed by atoms with Crippen molar-refractivity contribution in [2.45, 2.75) is 45.3 Å². The average molecular weight is 214 g/mol. The number of guanidine groups is 1. The highest BCUT2D eigenvalue weighted by Gasteiger charge is 2.24. The van der Waals surface area contributed by atoms with Gasteiger partial charge in [0.2, 0.25) is 5.96 Å². The Morgan fingerprint density at radius 2 is 2.40 bits per heavy atom. The Balaban J connectivity index is 2.35. The van der Waals surface area contributed by atoms with Crippen LogP contribution in [0.3, 0.4) is 0 Å². The molecule has 15 heavy (non-hydrogen) atoms. The molecule has 1 heterocycles. The lowest BCUT2D eigenvalue weighted by Gasteiger charge is -2.18. The number of hydrogen-bond acceptors (Lipinski definition) is 3. The number of hydrazine groups is 1. The standard InChI is InChI=1S/C10H22N4O/c1-3-4-6-12-10(14-11)13-9-5-7-15-8(9)2/h8-9H,3-7,11H2,1-2H3,(H2,12,13,14). The van der Waals surface area contributed by atoms with Crippen molar-refractivity contribution < 1.29 is 4.74 Å². The van der Waals surface area contributed by atoms with E-state index in [0.29, 0.717) is 12.0 Å². The van der Waals surface area contributed by atoms with E-state index in [0.717, 1.165) is 32.4 Å². The lowest BCUT2D eigenvalue weighted by Crippen LogP contribution is -2.48. The van der Waals surface area contributed by atoms with E-state index in [1.807, 2.05) is 0 Å². The van der Waals surface area contributed by atoms with Crippen LogP contribution in [0.15, 0.2) is 4.99 Å². The first kappa shape index (κ1) is 12.3. The fourth-order valence-electron chi connectivity index (χ4n) is 1.58. The lowest BCUT2D eigenvalue weighted by atomic mass is 10.2.